The van der Waals surface area contributed by atoms with E-state index in [0.717, 1.165) is 64.8 Å². The minimum atomic E-state index is -0.379. The number of carbonyl (C=O) groups excluding carboxylic acids is 3. The fraction of sp³-hybridized carbons (Fsp3) is 0.833. The van der Waals surface area contributed by atoms with Gasteiger partial charge in [-0.25, -0.2) is 0 Å². The first kappa shape index (κ1) is 18.3. The molecule has 2 saturated heterocycles. The lowest BCUT2D eigenvalue weighted by Gasteiger charge is -2.36. The van der Waals surface area contributed by atoms with E-state index >= 15 is 0 Å². The first-order valence-electron chi connectivity index (χ1n) is 9.60. The second-order valence-electron chi connectivity index (χ2n) is 7.68. The zero-order valence-electron chi connectivity index (χ0n) is 15.3. The number of imide groups is 1. The molecule has 0 atom stereocenters. The molecule has 3 rings (SSSR count). The minimum absolute atomic E-state index is 0.00623. The van der Waals surface area contributed by atoms with Crippen LogP contribution in [-0.2, 0) is 14.4 Å². The van der Waals surface area contributed by atoms with E-state index in [1.165, 1.54) is 4.90 Å². The predicted octanol–water partition coefficient (Wildman–Crippen LogP) is 0.407. The van der Waals surface area contributed by atoms with Gasteiger partial charge in [0.05, 0.1) is 18.6 Å². The van der Waals surface area contributed by atoms with Gasteiger partial charge in [0, 0.05) is 39.1 Å². The highest BCUT2D eigenvalue weighted by molar-refractivity contribution is 6.06. The summed E-state index contributed by atoms with van der Waals surface area (Å²) in [7, 11) is 0. The molecule has 0 aromatic heterocycles. The summed E-state index contributed by atoms with van der Waals surface area (Å²) in [6, 6.07) is 0. The van der Waals surface area contributed by atoms with Crippen molar-refractivity contribution >= 4 is 17.7 Å². The van der Waals surface area contributed by atoms with Gasteiger partial charge in [-0.05, 0) is 19.3 Å². The zero-order chi connectivity index (χ0) is 17.9. The maximum Gasteiger partial charge on any atom is 0.237 e. The van der Waals surface area contributed by atoms with Crippen LogP contribution in [0.1, 0.15) is 45.4 Å². The molecule has 1 aliphatic carbocycles. The Morgan fingerprint density at radius 1 is 1.08 bits per heavy atom. The predicted molar refractivity (Wildman–Crippen MR) is 93.6 cm³/mol. The van der Waals surface area contributed by atoms with Crippen LogP contribution in [0.15, 0.2) is 0 Å². The van der Waals surface area contributed by atoms with Crippen molar-refractivity contribution in [1.82, 2.24) is 20.0 Å². The third kappa shape index (κ3) is 4.03. The standard InChI is InChI=1S/C18H30N4O3/c1-2-7-19-15(23)13-20-8-10-21(11-9-20)14-22-16(24)12-18(17(22)25)5-3-4-6-18/h2-14H2,1H3,(H,19,23). The minimum Gasteiger partial charge on any atom is -0.355 e. The highest BCUT2D eigenvalue weighted by Crippen LogP contribution is 2.46. The van der Waals surface area contributed by atoms with E-state index in [-0.39, 0.29) is 23.1 Å². The molecular formula is C18H30N4O3. The summed E-state index contributed by atoms with van der Waals surface area (Å²) in [6.07, 6.45) is 5.21. The van der Waals surface area contributed by atoms with Gasteiger partial charge in [0.25, 0.3) is 0 Å². The Balaban J connectivity index is 1.45. The van der Waals surface area contributed by atoms with Gasteiger partial charge in [-0.1, -0.05) is 19.8 Å². The second-order valence-corrected chi connectivity index (χ2v) is 7.68. The highest BCUT2D eigenvalue weighted by atomic mass is 16.2. The summed E-state index contributed by atoms with van der Waals surface area (Å²) in [5, 5.41) is 2.90. The number of rotatable bonds is 6. The van der Waals surface area contributed by atoms with Crippen LogP contribution in [0.5, 0.6) is 0 Å². The molecule has 140 valence electrons. The molecule has 3 aliphatic rings. The molecule has 25 heavy (non-hydrogen) atoms. The molecular weight excluding hydrogens is 320 g/mol. The van der Waals surface area contributed by atoms with E-state index in [1.54, 1.807) is 0 Å². The van der Waals surface area contributed by atoms with Crippen LogP contribution in [0, 0.1) is 5.41 Å². The fourth-order valence-electron chi connectivity index (χ4n) is 4.26. The van der Waals surface area contributed by atoms with E-state index in [9.17, 15) is 14.4 Å². The van der Waals surface area contributed by atoms with Crippen molar-refractivity contribution in [3.63, 3.8) is 0 Å². The highest BCUT2D eigenvalue weighted by Gasteiger charge is 2.52. The fourth-order valence-corrected chi connectivity index (χ4v) is 4.26. The quantitative estimate of drug-likeness (QED) is 0.703. The molecule has 7 heteroatoms. The van der Waals surface area contributed by atoms with Crippen molar-refractivity contribution in [3.8, 4) is 0 Å². The molecule has 0 aromatic carbocycles. The van der Waals surface area contributed by atoms with Gasteiger partial charge in [0.15, 0.2) is 0 Å². The van der Waals surface area contributed by atoms with Crippen LogP contribution in [0.4, 0.5) is 0 Å². The lowest BCUT2D eigenvalue weighted by atomic mass is 9.85. The Kier molecular flexibility index (Phi) is 5.74. The normalized spacial score (nSPS) is 24.4. The van der Waals surface area contributed by atoms with E-state index < -0.39 is 0 Å². The molecule has 3 fully saturated rings. The summed E-state index contributed by atoms with van der Waals surface area (Å²) < 4.78 is 0. The summed E-state index contributed by atoms with van der Waals surface area (Å²) in [6.45, 7) is 6.75. The summed E-state index contributed by atoms with van der Waals surface area (Å²) in [4.78, 5) is 42.7. The average molecular weight is 350 g/mol. The summed E-state index contributed by atoms with van der Waals surface area (Å²) in [5.74, 6) is 0.119. The number of amides is 3. The molecule has 1 spiro atoms. The number of hydrogen-bond acceptors (Lipinski definition) is 5. The Bertz CT molecular complexity index is 522. The van der Waals surface area contributed by atoms with Crippen LogP contribution in [0.25, 0.3) is 0 Å². The monoisotopic (exact) mass is 350 g/mol. The Morgan fingerprint density at radius 2 is 1.72 bits per heavy atom. The topological polar surface area (TPSA) is 73.0 Å². The number of nitrogens with one attached hydrogen (secondary N) is 1. The molecule has 0 bridgehead atoms. The van der Waals surface area contributed by atoms with Gasteiger partial charge < -0.3 is 5.32 Å². The molecule has 3 amide bonds. The average Bonchev–Trinajstić information content (AvgIpc) is 3.16. The van der Waals surface area contributed by atoms with Gasteiger partial charge in [-0.2, -0.15) is 0 Å². The molecule has 7 nitrogen and oxygen atoms in total. The lowest BCUT2D eigenvalue weighted by Crippen LogP contribution is -2.53. The first-order valence-corrected chi connectivity index (χ1v) is 9.60. The molecule has 0 radical (unpaired) electrons. The van der Waals surface area contributed by atoms with Gasteiger partial charge >= 0.3 is 0 Å². The van der Waals surface area contributed by atoms with Crippen molar-refractivity contribution in [1.29, 1.82) is 0 Å². The Morgan fingerprint density at radius 3 is 2.36 bits per heavy atom. The van der Waals surface area contributed by atoms with E-state index in [4.69, 9.17) is 0 Å². The van der Waals surface area contributed by atoms with E-state index in [2.05, 4.69) is 15.1 Å². The Labute approximate surface area is 149 Å². The van der Waals surface area contributed by atoms with Crippen LogP contribution in [-0.4, -0.2) is 78.4 Å². The van der Waals surface area contributed by atoms with E-state index in [0.29, 0.717) is 19.6 Å². The largest absolute Gasteiger partial charge is 0.355 e. The Hall–Kier alpha value is -1.47. The van der Waals surface area contributed by atoms with E-state index in [1.807, 2.05) is 6.92 Å². The SMILES string of the molecule is CCCNC(=O)CN1CCN(CN2C(=O)CC3(CCCC3)C2=O)CC1. The zero-order valence-corrected chi connectivity index (χ0v) is 15.3. The molecule has 1 saturated carbocycles. The van der Waals surface area contributed by atoms with Gasteiger partial charge in [-0.3, -0.25) is 29.1 Å². The maximum atomic E-state index is 12.7. The number of likely N-dealkylation sites (tertiary alicyclic amines) is 1. The van der Waals surface area contributed by atoms with Crippen molar-refractivity contribution in [2.24, 2.45) is 5.41 Å². The van der Waals surface area contributed by atoms with Gasteiger partial charge in [-0.15, -0.1) is 0 Å². The van der Waals surface area contributed by atoms with Crippen molar-refractivity contribution in [2.75, 3.05) is 45.9 Å². The smallest absolute Gasteiger partial charge is 0.237 e. The van der Waals surface area contributed by atoms with Crippen LogP contribution in [0.2, 0.25) is 0 Å². The molecule has 1 N–H and O–H groups in total. The summed E-state index contributed by atoms with van der Waals surface area (Å²) >= 11 is 0. The number of carbonyl (C=O) groups is 3. The molecule has 0 unspecified atom stereocenters. The van der Waals surface area contributed by atoms with Crippen molar-refractivity contribution in [2.45, 2.75) is 45.4 Å². The third-order valence-corrected chi connectivity index (χ3v) is 5.80. The number of piperazine rings is 1. The third-order valence-electron chi connectivity index (χ3n) is 5.80. The number of hydrogen-bond donors (Lipinski definition) is 1. The lowest BCUT2D eigenvalue weighted by molar-refractivity contribution is -0.144. The van der Waals surface area contributed by atoms with Crippen LogP contribution >= 0.6 is 0 Å². The van der Waals surface area contributed by atoms with Gasteiger partial charge in [0.2, 0.25) is 17.7 Å². The van der Waals surface area contributed by atoms with Crippen LogP contribution < -0.4 is 5.32 Å². The molecule has 2 aliphatic heterocycles. The summed E-state index contributed by atoms with van der Waals surface area (Å²) in [5.41, 5.74) is -0.379. The maximum absolute atomic E-state index is 12.7. The molecule has 2 heterocycles. The number of nitrogens with zero attached hydrogens (tertiary/aromatic N) is 3. The van der Waals surface area contributed by atoms with Crippen LogP contribution in [0.3, 0.4) is 0 Å². The van der Waals surface area contributed by atoms with Crippen molar-refractivity contribution in [3.05, 3.63) is 0 Å². The second kappa shape index (κ2) is 7.83. The van der Waals surface area contributed by atoms with Crippen molar-refractivity contribution < 1.29 is 14.4 Å². The molecule has 0 aromatic rings. The van der Waals surface area contributed by atoms with Gasteiger partial charge in [0.1, 0.15) is 0 Å². The first-order chi connectivity index (χ1) is 12.0.